The first-order valence-corrected chi connectivity index (χ1v) is 7.81. The van der Waals surface area contributed by atoms with Crippen LogP contribution in [0.4, 0.5) is 0 Å². The number of hydrogen-bond donors (Lipinski definition) is 1. The van der Waals surface area contributed by atoms with Crippen LogP contribution in [0.15, 0.2) is 43.0 Å². The molecule has 1 aliphatic rings. The van der Waals surface area contributed by atoms with E-state index in [0.717, 1.165) is 31.8 Å². The lowest BCUT2D eigenvalue weighted by atomic mass is 10.1. The van der Waals surface area contributed by atoms with Crippen molar-refractivity contribution in [3.05, 3.63) is 48.5 Å². The molecule has 21 heavy (non-hydrogen) atoms. The zero-order chi connectivity index (χ0) is 14.3. The molecule has 1 fully saturated rings. The Hall–Kier alpha value is -1.65. The highest BCUT2D eigenvalue weighted by molar-refractivity contribution is 5.34. The number of nitrogens with zero attached hydrogens (tertiary/aromatic N) is 2. The second-order valence-corrected chi connectivity index (χ2v) is 5.59. The molecule has 1 aliphatic heterocycles. The maximum absolute atomic E-state index is 5.74. The van der Waals surface area contributed by atoms with Crippen LogP contribution in [0.2, 0.25) is 0 Å². The summed E-state index contributed by atoms with van der Waals surface area (Å²) >= 11 is 0. The molecule has 1 aromatic carbocycles. The summed E-state index contributed by atoms with van der Waals surface area (Å²) in [5, 5.41) is 3.50. The van der Waals surface area contributed by atoms with E-state index in [9.17, 15) is 0 Å². The Morgan fingerprint density at radius 1 is 1.24 bits per heavy atom. The predicted molar refractivity (Wildman–Crippen MR) is 83.5 cm³/mol. The Labute approximate surface area is 126 Å². The van der Waals surface area contributed by atoms with Crippen molar-refractivity contribution in [1.29, 1.82) is 0 Å². The van der Waals surface area contributed by atoms with Crippen LogP contribution in [0.25, 0.3) is 5.69 Å². The van der Waals surface area contributed by atoms with Gasteiger partial charge >= 0.3 is 0 Å². The van der Waals surface area contributed by atoms with Crippen LogP contribution in [0.1, 0.15) is 31.2 Å². The zero-order valence-electron chi connectivity index (χ0n) is 12.4. The van der Waals surface area contributed by atoms with Gasteiger partial charge in [-0.1, -0.05) is 12.1 Å². The lowest BCUT2D eigenvalue weighted by Gasteiger charge is -2.22. The van der Waals surface area contributed by atoms with Gasteiger partial charge in [0.2, 0.25) is 0 Å². The molecular weight excluding hydrogens is 262 g/mol. The first kappa shape index (κ1) is 14.3. The van der Waals surface area contributed by atoms with Crippen molar-refractivity contribution in [2.45, 2.75) is 38.3 Å². The maximum atomic E-state index is 5.74. The highest BCUT2D eigenvalue weighted by atomic mass is 16.5. The average Bonchev–Trinajstić information content (AvgIpc) is 3.08. The van der Waals surface area contributed by atoms with Crippen molar-refractivity contribution in [2.75, 3.05) is 13.2 Å². The van der Waals surface area contributed by atoms with E-state index in [1.54, 1.807) is 6.20 Å². The molecule has 1 unspecified atom stereocenters. The van der Waals surface area contributed by atoms with Crippen molar-refractivity contribution >= 4 is 0 Å². The molecule has 0 saturated carbocycles. The van der Waals surface area contributed by atoms with Crippen molar-refractivity contribution in [3.8, 4) is 5.69 Å². The second kappa shape index (κ2) is 7.38. The summed E-state index contributed by atoms with van der Waals surface area (Å²) in [6.07, 6.45) is 10.9. The van der Waals surface area contributed by atoms with E-state index < -0.39 is 0 Å². The van der Waals surface area contributed by atoms with Crippen molar-refractivity contribution in [1.82, 2.24) is 14.9 Å². The van der Waals surface area contributed by atoms with Crippen LogP contribution in [0.5, 0.6) is 0 Å². The molecule has 0 spiro atoms. The maximum Gasteiger partial charge on any atom is 0.0991 e. The Balaban J connectivity index is 1.41. The Bertz CT molecular complexity index is 515. The molecule has 0 bridgehead atoms. The van der Waals surface area contributed by atoms with Gasteiger partial charge in [0.15, 0.2) is 0 Å². The molecule has 4 heteroatoms. The average molecular weight is 285 g/mol. The van der Waals surface area contributed by atoms with Crippen molar-refractivity contribution in [2.24, 2.45) is 0 Å². The van der Waals surface area contributed by atoms with Gasteiger partial charge in [0.05, 0.1) is 12.4 Å². The van der Waals surface area contributed by atoms with Gasteiger partial charge in [-0.05, 0) is 49.9 Å². The molecule has 1 N–H and O–H groups in total. The predicted octanol–water partition coefficient (Wildman–Crippen LogP) is 2.92. The monoisotopic (exact) mass is 285 g/mol. The summed E-state index contributed by atoms with van der Waals surface area (Å²) in [5.41, 5.74) is 2.45. The Kier molecular flexibility index (Phi) is 5.03. The quantitative estimate of drug-likeness (QED) is 0.829. The normalized spacial score (nSPS) is 18.8. The molecule has 1 aromatic heterocycles. The molecule has 1 saturated heterocycles. The lowest BCUT2D eigenvalue weighted by molar-refractivity contribution is 0.0115. The van der Waals surface area contributed by atoms with Crippen LogP contribution >= 0.6 is 0 Å². The van der Waals surface area contributed by atoms with E-state index in [-0.39, 0.29) is 0 Å². The summed E-state index contributed by atoms with van der Waals surface area (Å²) < 4.78 is 7.75. The van der Waals surface area contributed by atoms with Gasteiger partial charge in [0.1, 0.15) is 0 Å². The van der Waals surface area contributed by atoms with E-state index in [1.165, 1.54) is 24.8 Å². The molecule has 2 aromatic rings. The van der Waals surface area contributed by atoms with Gasteiger partial charge in [-0.2, -0.15) is 0 Å². The number of aromatic nitrogens is 2. The van der Waals surface area contributed by atoms with Crippen molar-refractivity contribution < 1.29 is 4.74 Å². The summed E-state index contributed by atoms with van der Waals surface area (Å²) in [7, 11) is 0. The minimum atomic E-state index is 0.467. The van der Waals surface area contributed by atoms with Gasteiger partial charge < -0.3 is 14.6 Å². The van der Waals surface area contributed by atoms with Crippen LogP contribution < -0.4 is 5.32 Å². The van der Waals surface area contributed by atoms with Gasteiger partial charge in [0, 0.05) is 31.2 Å². The van der Waals surface area contributed by atoms with E-state index in [2.05, 4.69) is 34.6 Å². The number of hydrogen-bond acceptors (Lipinski definition) is 3. The Morgan fingerprint density at radius 2 is 2.14 bits per heavy atom. The first-order valence-electron chi connectivity index (χ1n) is 7.81. The van der Waals surface area contributed by atoms with Crippen LogP contribution in [0, 0.1) is 0 Å². The smallest absolute Gasteiger partial charge is 0.0991 e. The van der Waals surface area contributed by atoms with Gasteiger partial charge in [-0.3, -0.25) is 0 Å². The molecule has 1 atom stereocenters. The fraction of sp³-hybridized carbons (Fsp3) is 0.471. The van der Waals surface area contributed by atoms with Gasteiger partial charge in [-0.15, -0.1) is 0 Å². The minimum absolute atomic E-state index is 0.467. The van der Waals surface area contributed by atoms with Crippen LogP contribution in [0.3, 0.4) is 0 Å². The third-order valence-electron chi connectivity index (χ3n) is 3.99. The topological polar surface area (TPSA) is 39.1 Å². The largest absolute Gasteiger partial charge is 0.378 e. The van der Waals surface area contributed by atoms with E-state index in [1.807, 2.05) is 17.1 Å². The van der Waals surface area contributed by atoms with Gasteiger partial charge in [0.25, 0.3) is 0 Å². The molecule has 0 amide bonds. The van der Waals surface area contributed by atoms with E-state index >= 15 is 0 Å². The highest BCUT2D eigenvalue weighted by Gasteiger charge is 2.12. The SMILES string of the molecule is c1cn(-c2ccc(CNCCC3CCCCO3)cc2)cn1. The summed E-state index contributed by atoms with van der Waals surface area (Å²) in [6.45, 7) is 2.88. The van der Waals surface area contributed by atoms with Gasteiger partial charge in [-0.25, -0.2) is 4.98 Å². The third kappa shape index (κ3) is 4.16. The fourth-order valence-corrected chi connectivity index (χ4v) is 2.73. The van der Waals surface area contributed by atoms with Crippen LogP contribution in [-0.4, -0.2) is 28.8 Å². The van der Waals surface area contributed by atoms with E-state index in [0.29, 0.717) is 6.10 Å². The third-order valence-corrected chi connectivity index (χ3v) is 3.99. The van der Waals surface area contributed by atoms with Crippen molar-refractivity contribution in [3.63, 3.8) is 0 Å². The first-order chi connectivity index (χ1) is 10.4. The molecule has 0 aliphatic carbocycles. The number of benzene rings is 1. The number of rotatable bonds is 6. The molecule has 112 valence electrons. The Morgan fingerprint density at radius 3 is 2.86 bits per heavy atom. The molecule has 2 heterocycles. The van der Waals surface area contributed by atoms with E-state index in [4.69, 9.17) is 4.74 Å². The standard InChI is InChI=1S/C17H23N3O/c1-2-12-21-17(3-1)8-9-18-13-15-4-6-16(7-5-15)20-11-10-19-14-20/h4-7,10-11,14,17-18H,1-3,8-9,12-13H2. The number of ether oxygens (including phenoxy) is 1. The zero-order valence-corrected chi connectivity index (χ0v) is 12.4. The molecule has 3 rings (SSSR count). The molecule has 0 radical (unpaired) electrons. The highest BCUT2D eigenvalue weighted by Crippen LogP contribution is 2.15. The fourth-order valence-electron chi connectivity index (χ4n) is 2.73. The summed E-state index contributed by atoms with van der Waals surface area (Å²) in [5.74, 6) is 0. The summed E-state index contributed by atoms with van der Waals surface area (Å²) in [4.78, 5) is 4.06. The second-order valence-electron chi connectivity index (χ2n) is 5.59. The summed E-state index contributed by atoms with van der Waals surface area (Å²) in [6, 6.07) is 8.59. The molecular formula is C17H23N3O. The minimum Gasteiger partial charge on any atom is -0.378 e. The number of imidazole rings is 1. The number of nitrogens with one attached hydrogen (secondary N) is 1. The lowest BCUT2D eigenvalue weighted by Crippen LogP contribution is -2.25. The molecule has 4 nitrogen and oxygen atoms in total. The van der Waals surface area contributed by atoms with Crippen LogP contribution in [-0.2, 0) is 11.3 Å².